The van der Waals surface area contributed by atoms with E-state index in [-0.39, 0.29) is 5.41 Å². The SMILES string of the molecule is CC(C)(C)c1ccc(C(=NNC(=O)O)C2CC2)cc1. The minimum atomic E-state index is -1.12. The average molecular weight is 260 g/mol. The molecule has 1 aliphatic rings. The van der Waals surface area contributed by atoms with Crippen LogP contribution in [0.3, 0.4) is 0 Å². The predicted octanol–water partition coefficient (Wildman–Crippen LogP) is 3.37. The Balaban J connectivity index is 2.23. The third-order valence-electron chi connectivity index (χ3n) is 3.28. The molecule has 0 bridgehead atoms. The number of hydrogen-bond donors (Lipinski definition) is 2. The first kappa shape index (κ1) is 13.6. The van der Waals surface area contributed by atoms with Gasteiger partial charge in [0.1, 0.15) is 0 Å². The second kappa shape index (κ2) is 5.03. The summed E-state index contributed by atoms with van der Waals surface area (Å²) in [4.78, 5) is 10.5. The van der Waals surface area contributed by atoms with Gasteiger partial charge in [0.25, 0.3) is 0 Å². The van der Waals surface area contributed by atoms with Crippen molar-refractivity contribution < 1.29 is 9.90 Å². The van der Waals surface area contributed by atoms with Crippen LogP contribution >= 0.6 is 0 Å². The highest BCUT2D eigenvalue weighted by Crippen LogP contribution is 2.33. The second-order valence-corrected chi connectivity index (χ2v) is 6.02. The van der Waals surface area contributed by atoms with Crippen LogP contribution in [0.5, 0.6) is 0 Å². The van der Waals surface area contributed by atoms with Gasteiger partial charge in [-0.2, -0.15) is 5.10 Å². The number of nitrogens with zero attached hydrogens (tertiary/aromatic N) is 1. The number of hydrogen-bond acceptors (Lipinski definition) is 2. The van der Waals surface area contributed by atoms with Crippen LogP contribution in [0.1, 0.15) is 44.7 Å². The third-order valence-corrected chi connectivity index (χ3v) is 3.28. The molecule has 0 radical (unpaired) electrons. The Morgan fingerprint density at radius 2 is 1.84 bits per heavy atom. The van der Waals surface area contributed by atoms with Crippen molar-refractivity contribution in [1.82, 2.24) is 5.43 Å². The Labute approximate surface area is 113 Å². The van der Waals surface area contributed by atoms with E-state index in [1.165, 1.54) is 5.56 Å². The van der Waals surface area contributed by atoms with Crippen molar-refractivity contribution in [2.75, 3.05) is 0 Å². The molecule has 0 unspecified atom stereocenters. The van der Waals surface area contributed by atoms with Crippen LogP contribution in [0.15, 0.2) is 29.4 Å². The number of carboxylic acid groups (broad SMARTS) is 1. The van der Waals surface area contributed by atoms with Gasteiger partial charge in [-0.05, 0) is 29.4 Å². The van der Waals surface area contributed by atoms with Crippen molar-refractivity contribution in [2.24, 2.45) is 11.0 Å². The molecule has 0 atom stereocenters. The van der Waals surface area contributed by atoms with Gasteiger partial charge in [-0.25, -0.2) is 10.2 Å². The molecule has 0 spiro atoms. The predicted molar refractivity (Wildman–Crippen MR) is 75.6 cm³/mol. The van der Waals surface area contributed by atoms with Gasteiger partial charge in [-0.1, -0.05) is 45.0 Å². The largest absolute Gasteiger partial charge is 0.464 e. The Bertz CT molecular complexity index is 494. The molecular weight excluding hydrogens is 240 g/mol. The van der Waals surface area contributed by atoms with E-state index in [0.717, 1.165) is 24.1 Å². The van der Waals surface area contributed by atoms with E-state index in [2.05, 4.69) is 43.4 Å². The molecule has 0 heterocycles. The third kappa shape index (κ3) is 3.56. The zero-order valence-electron chi connectivity index (χ0n) is 11.6. The van der Waals surface area contributed by atoms with Crippen LogP contribution in [0.4, 0.5) is 4.79 Å². The van der Waals surface area contributed by atoms with Gasteiger partial charge in [-0.15, -0.1) is 0 Å². The van der Waals surface area contributed by atoms with E-state index in [4.69, 9.17) is 5.11 Å². The topological polar surface area (TPSA) is 61.7 Å². The van der Waals surface area contributed by atoms with E-state index < -0.39 is 6.09 Å². The summed E-state index contributed by atoms with van der Waals surface area (Å²) in [5.41, 5.74) is 5.35. The number of rotatable bonds is 3. The first-order valence-corrected chi connectivity index (χ1v) is 6.55. The smallest absolute Gasteiger partial charge is 0.425 e. The van der Waals surface area contributed by atoms with E-state index in [1.807, 2.05) is 12.1 Å². The quantitative estimate of drug-likeness (QED) is 0.646. The molecular formula is C15H20N2O2. The van der Waals surface area contributed by atoms with Crippen molar-refractivity contribution in [2.45, 2.75) is 39.0 Å². The average Bonchev–Trinajstić information content (AvgIpc) is 3.13. The van der Waals surface area contributed by atoms with Gasteiger partial charge in [0.05, 0.1) is 5.71 Å². The molecule has 1 aliphatic carbocycles. The van der Waals surface area contributed by atoms with Crippen LogP contribution in [0, 0.1) is 5.92 Å². The summed E-state index contributed by atoms with van der Waals surface area (Å²) in [6.07, 6.45) is 1.05. The molecule has 0 aliphatic heterocycles. The molecule has 2 rings (SSSR count). The van der Waals surface area contributed by atoms with Crippen LogP contribution in [0.25, 0.3) is 0 Å². The van der Waals surface area contributed by atoms with Gasteiger partial charge < -0.3 is 5.11 Å². The van der Waals surface area contributed by atoms with Crippen molar-refractivity contribution in [3.05, 3.63) is 35.4 Å². The zero-order valence-corrected chi connectivity index (χ0v) is 11.6. The number of carbonyl (C=O) groups is 1. The summed E-state index contributed by atoms with van der Waals surface area (Å²) < 4.78 is 0. The summed E-state index contributed by atoms with van der Waals surface area (Å²) in [5.74, 6) is 0.396. The van der Waals surface area contributed by atoms with E-state index in [9.17, 15) is 4.79 Å². The summed E-state index contributed by atoms with van der Waals surface area (Å²) in [6.45, 7) is 6.51. The van der Waals surface area contributed by atoms with Crippen LogP contribution in [-0.4, -0.2) is 16.9 Å². The highest BCUT2D eigenvalue weighted by molar-refractivity contribution is 6.03. The first-order chi connectivity index (χ1) is 8.88. The minimum absolute atomic E-state index is 0.120. The van der Waals surface area contributed by atoms with Crippen molar-refractivity contribution in [3.8, 4) is 0 Å². The maximum atomic E-state index is 10.5. The summed E-state index contributed by atoms with van der Waals surface area (Å²) >= 11 is 0. The van der Waals surface area contributed by atoms with Crippen molar-refractivity contribution in [1.29, 1.82) is 0 Å². The molecule has 2 N–H and O–H groups in total. The van der Waals surface area contributed by atoms with Gasteiger partial charge >= 0.3 is 6.09 Å². The maximum Gasteiger partial charge on any atom is 0.425 e. The molecule has 0 aromatic heterocycles. The lowest BCUT2D eigenvalue weighted by Gasteiger charge is -2.19. The molecule has 4 nitrogen and oxygen atoms in total. The Morgan fingerprint density at radius 1 is 1.26 bits per heavy atom. The summed E-state index contributed by atoms with van der Waals surface area (Å²) in [6, 6.07) is 8.24. The standard InChI is InChI=1S/C15H20N2O2/c1-15(2,3)12-8-6-11(7-9-12)13(10-4-5-10)16-17-14(18)19/h6-10,17H,4-5H2,1-3H3,(H,18,19). The number of benzene rings is 1. The number of hydrazone groups is 1. The summed E-state index contributed by atoms with van der Waals surface area (Å²) in [5, 5.41) is 12.7. The second-order valence-electron chi connectivity index (χ2n) is 6.02. The fourth-order valence-electron chi connectivity index (χ4n) is 2.00. The van der Waals surface area contributed by atoms with Crippen molar-refractivity contribution in [3.63, 3.8) is 0 Å². The van der Waals surface area contributed by atoms with Gasteiger partial charge in [0.2, 0.25) is 0 Å². The van der Waals surface area contributed by atoms with Crippen molar-refractivity contribution >= 4 is 11.8 Å². The normalized spacial score (nSPS) is 16.3. The fourth-order valence-corrected chi connectivity index (χ4v) is 2.00. The van der Waals surface area contributed by atoms with Crippen LogP contribution in [0.2, 0.25) is 0 Å². The highest BCUT2D eigenvalue weighted by atomic mass is 16.4. The van der Waals surface area contributed by atoms with Crippen LogP contribution < -0.4 is 5.43 Å². The van der Waals surface area contributed by atoms with Gasteiger partial charge in [0, 0.05) is 5.92 Å². The number of nitrogens with one attached hydrogen (secondary N) is 1. The minimum Gasteiger partial charge on any atom is -0.464 e. The van der Waals surface area contributed by atoms with Crippen LogP contribution in [-0.2, 0) is 5.41 Å². The first-order valence-electron chi connectivity index (χ1n) is 6.55. The monoisotopic (exact) mass is 260 g/mol. The molecule has 1 fully saturated rings. The molecule has 19 heavy (non-hydrogen) atoms. The molecule has 4 heteroatoms. The zero-order chi connectivity index (χ0) is 14.0. The Hall–Kier alpha value is -1.84. The summed E-state index contributed by atoms with van der Waals surface area (Å²) in [7, 11) is 0. The van der Waals surface area contributed by atoms with E-state index in [0.29, 0.717) is 5.92 Å². The lowest BCUT2D eigenvalue weighted by atomic mass is 9.86. The molecule has 1 aromatic rings. The molecule has 0 saturated heterocycles. The van der Waals surface area contributed by atoms with Gasteiger partial charge in [-0.3, -0.25) is 0 Å². The van der Waals surface area contributed by atoms with E-state index >= 15 is 0 Å². The molecule has 1 saturated carbocycles. The lowest BCUT2D eigenvalue weighted by Crippen LogP contribution is -2.18. The Morgan fingerprint density at radius 3 is 2.26 bits per heavy atom. The fraction of sp³-hybridized carbons (Fsp3) is 0.467. The maximum absolute atomic E-state index is 10.5. The molecule has 1 aromatic carbocycles. The Kier molecular flexibility index (Phi) is 3.60. The highest BCUT2D eigenvalue weighted by Gasteiger charge is 2.29. The number of amides is 1. The molecule has 102 valence electrons. The van der Waals surface area contributed by atoms with E-state index in [1.54, 1.807) is 0 Å². The van der Waals surface area contributed by atoms with Gasteiger partial charge in [0.15, 0.2) is 0 Å². The lowest BCUT2D eigenvalue weighted by molar-refractivity contribution is 0.195. The molecule has 1 amide bonds.